The molecule has 0 bridgehead atoms. The van der Waals surface area contributed by atoms with Gasteiger partial charge in [0.05, 0.1) is 6.54 Å². The maximum Gasteiger partial charge on any atom is 0.254 e. The summed E-state index contributed by atoms with van der Waals surface area (Å²) in [7, 11) is 1.73. The molecule has 0 unspecified atom stereocenters. The number of hydrogen-bond donors (Lipinski definition) is 0. The Balaban J connectivity index is 1.86. The van der Waals surface area contributed by atoms with Crippen LogP contribution in [0.15, 0.2) is 36.5 Å². The first-order valence-corrected chi connectivity index (χ1v) is 8.57. The Hall–Kier alpha value is -2.07. The van der Waals surface area contributed by atoms with Gasteiger partial charge in [0.15, 0.2) is 0 Å². The smallest absolute Gasteiger partial charge is 0.254 e. The summed E-state index contributed by atoms with van der Waals surface area (Å²) in [6, 6.07) is 10.3. The lowest BCUT2D eigenvalue weighted by atomic mass is 10.0. The molecule has 1 aliphatic rings. The fourth-order valence-electron chi connectivity index (χ4n) is 3.58. The van der Waals surface area contributed by atoms with E-state index in [4.69, 9.17) is 4.74 Å². The molecule has 1 aromatic heterocycles. The van der Waals surface area contributed by atoms with Crippen LogP contribution < -0.4 is 0 Å². The minimum atomic E-state index is 0.124. The number of carbonyl (C=O) groups excluding carboxylic acids is 1. The van der Waals surface area contributed by atoms with Crippen LogP contribution in [0.25, 0.3) is 0 Å². The van der Waals surface area contributed by atoms with Gasteiger partial charge in [-0.15, -0.1) is 0 Å². The van der Waals surface area contributed by atoms with Crippen molar-refractivity contribution in [1.82, 2.24) is 9.47 Å². The average Bonchev–Trinajstić information content (AvgIpc) is 2.89. The van der Waals surface area contributed by atoms with E-state index in [1.165, 1.54) is 5.69 Å². The fraction of sp³-hybridized carbons (Fsp3) is 0.450. The molecule has 0 fully saturated rings. The number of nitrogens with zero attached hydrogens (tertiary/aromatic N) is 2. The monoisotopic (exact) mass is 326 g/mol. The average molecular weight is 326 g/mol. The quantitative estimate of drug-likeness (QED) is 0.863. The van der Waals surface area contributed by atoms with Gasteiger partial charge < -0.3 is 14.2 Å². The third-order valence-corrected chi connectivity index (χ3v) is 4.70. The van der Waals surface area contributed by atoms with Gasteiger partial charge in [-0.3, -0.25) is 4.79 Å². The minimum absolute atomic E-state index is 0.124. The van der Waals surface area contributed by atoms with Crippen LogP contribution in [0.1, 0.15) is 33.6 Å². The fourth-order valence-corrected chi connectivity index (χ4v) is 3.58. The van der Waals surface area contributed by atoms with Crippen molar-refractivity contribution in [3.8, 4) is 0 Å². The topological polar surface area (TPSA) is 34.5 Å². The normalized spacial score (nSPS) is 17.5. The Labute approximate surface area is 144 Å². The number of carbonyl (C=O) groups is 1. The molecule has 24 heavy (non-hydrogen) atoms. The van der Waals surface area contributed by atoms with E-state index in [1.807, 2.05) is 30.9 Å². The van der Waals surface area contributed by atoms with Crippen LogP contribution in [-0.4, -0.2) is 35.6 Å². The molecule has 1 amide bonds. The van der Waals surface area contributed by atoms with Crippen LogP contribution in [0.5, 0.6) is 0 Å². The number of hydrogen-bond acceptors (Lipinski definition) is 2. The first kappa shape index (κ1) is 16.8. The molecule has 2 heterocycles. The second-order valence-corrected chi connectivity index (χ2v) is 6.86. The van der Waals surface area contributed by atoms with Crippen LogP contribution in [-0.2, 0) is 17.8 Å². The number of fused-ring (bicyclic) bond motifs is 1. The molecule has 0 aliphatic carbocycles. The minimum Gasteiger partial charge on any atom is -0.385 e. The standard InChI is InChI=1S/C20H26N2O2/c1-15-9-16(2)11-18(10-15)20(23)22-13-17(6-8-24-3)12-21-7-4-5-19(21)14-22/h4-5,7,9-11,17H,6,8,12-14H2,1-3H3/t17-/m1/s1. The summed E-state index contributed by atoms with van der Waals surface area (Å²) in [5, 5.41) is 0. The van der Waals surface area contributed by atoms with Gasteiger partial charge in [-0.05, 0) is 50.5 Å². The lowest BCUT2D eigenvalue weighted by Gasteiger charge is -2.24. The number of rotatable bonds is 4. The predicted octanol–water partition coefficient (Wildman–Crippen LogP) is 3.41. The van der Waals surface area contributed by atoms with Crippen LogP contribution in [0.4, 0.5) is 0 Å². The van der Waals surface area contributed by atoms with Gasteiger partial charge in [0.25, 0.3) is 5.91 Å². The summed E-state index contributed by atoms with van der Waals surface area (Å²) in [4.78, 5) is 15.1. The third-order valence-electron chi connectivity index (χ3n) is 4.70. The van der Waals surface area contributed by atoms with Gasteiger partial charge in [-0.25, -0.2) is 0 Å². The van der Waals surface area contributed by atoms with Crippen molar-refractivity contribution in [3.05, 3.63) is 58.9 Å². The van der Waals surface area contributed by atoms with E-state index in [2.05, 4.69) is 29.0 Å². The van der Waals surface area contributed by atoms with E-state index in [-0.39, 0.29) is 5.91 Å². The Bertz CT molecular complexity index is 700. The lowest BCUT2D eigenvalue weighted by Crippen LogP contribution is -2.34. The second kappa shape index (κ2) is 7.22. The van der Waals surface area contributed by atoms with Crippen LogP contribution in [0.2, 0.25) is 0 Å². The van der Waals surface area contributed by atoms with Crippen molar-refractivity contribution >= 4 is 5.91 Å². The van der Waals surface area contributed by atoms with Crippen molar-refractivity contribution in [2.45, 2.75) is 33.4 Å². The van der Waals surface area contributed by atoms with E-state index in [0.29, 0.717) is 12.5 Å². The Morgan fingerprint density at radius 1 is 1.21 bits per heavy atom. The van der Waals surface area contributed by atoms with E-state index in [0.717, 1.165) is 42.8 Å². The van der Waals surface area contributed by atoms with Crippen LogP contribution in [0, 0.1) is 19.8 Å². The zero-order valence-corrected chi connectivity index (χ0v) is 14.8. The van der Waals surface area contributed by atoms with Gasteiger partial charge in [-0.2, -0.15) is 0 Å². The number of ether oxygens (including phenoxy) is 1. The highest BCUT2D eigenvalue weighted by Crippen LogP contribution is 2.22. The molecule has 1 atom stereocenters. The summed E-state index contributed by atoms with van der Waals surface area (Å²) < 4.78 is 7.53. The van der Waals surface area contributed by atoms with Gasteiger partial charge >= 0.3 is 0 Å². The molecule has 4 nitrogen and oxygen atoms in total. The Morgan fingerprint density at radius 3 is 2.67 bits per heavy atom. The third kappa shape index (κ3) is 3.70. The lowest BCUT2D eigenvalue weighted by molar-refractivity contribution is 0.0705. The second-order valence-electron chi connectivity index (χ2n) is 6.86. The van der Waals surface area contributed by atoms with Crippen molar-refractivity contribution in [2.75, 3.05) is 20.3 Å². The molecule has 128 valence electrons. The van der Waals surface area contributed by atoms with Gasteiger partial charge in [-0.1, -0.05) is 17.2 Å². The first-order chi connectivity index (χ1) is 11.6. The summed E-state index contributed by atoms with van der Waals surface area (Å²) in [5.41, 5.74) is 4.26. The number of aryl methyl sites for hydroxylation is 2. The van der Waals surface area contributed by atoms with Gasteiger partial charge in [0, 0.05) is 44.3 Å². The summed E-state index contributed by atoms with van der Waals surface area (Å²) in [6.45, 7) is 7.20. The van der Waals surface area contributed by atoms with E-state index in [9.17, 15) is 4.79 Å². The maximum absolute atomic E-state index is 13.1. The van der Waals surface area contributed by atoms with E-state index >= 15 is 0 Å². The summed E-state index contributed by atoms with van der Waals surface area (Å²) >= 11 is 0. The Morgan fingerprint density at radius 2 is 1.96 bits per heavy atom. The van der Waals surface area contributed by atoms with E-state index in [1.54, 1.807) is 7.11 Å². The predicted molar refractivity (Wildman–Crippen MR) is 95.1 cm³/mol. The number of amides is 1. The molecule has 0 N–H and O–H groups in total. The zero-order valence-electron chi connectivity index (χ0n) is 14.8. The molecular weight excluding hydrogens is 300 g/mol. The van der Waals surface area contributed by atoms with Crippen molar-refractivity contribution in [3.63, 3.8) is 0 Å². The summed E-state index contributed by atoms with van der Waals surface area (Å²) in [5.74, 6) is 0.535. The van der Waals surface area contributed by atoms with Crippen molar-refractivity contribution in [1.29, 1.82) is 0 Å². The molecule has 0 saturated carbocycles. The summed E-state index contributed by atoms with van der Waals surface area (Å²) in [6.07, 6.45) is 3.07. The molecular formula is C20H26N2O2. The zero-order chi connectivity index (χ0) is 17.1. The molecule has 0 saturated heterocycles. The van der Waals surface area contributed by atoms with Crippen LogP contribution >= 0.6 is 0 Å². The maximum atomic E-state index is 13.1. The highest BCUT2D eigenvalue weighted by molar-refractivity contribution is 5.94. The first-order valence-electron chi connectivity index (χ1n) is 8.57. The molecule has 3 rings (SSSR count). The number of benzene rings is 1. The molecule has 1 aromatic carbocycles. The van der Waals surface area contributed by atoms with E-state index < -0.39 is 0 Å². The van der Waals surface area contributed by atoms with Crippen molar-refractivity contribution < 1.29 is 9.53 Å². The molecule has 0 spiro atoms. The number of aromatic nitrogens is 1. The van der Waals surface area contributed by atoms with Gasteiger partial charge in [0.2, 0.25) is 0 Å². The Kier molecular flexibility index (Phi) is 5.05. The van der Waals surface area contributed by atoms with Crippen molar-refractivity contribution in [2.24, 2.45) is 5.92 Å². The highest BCUT2D eigenvalue weighted by Gasteiger charge is 2.25. The van der Waals surface area contributed by atoms with Crippen LogP contribution in [0.3, 0.4) is 0 Å². The SMILES string of the molecule is COCC[C@H]1CN(C(=O)c2cc(C)cc(C)c2)Cc2cccn2C1. The molecule has 0 radical (unpaired) electrons. The van der Waals surface area contributed by atoms with Gasteiger partial charge in [0.1, 0.15) is 0 Å². The molecule has 2 aromatic rings. The molecule has 1 aliphatic heterocycles. The molecule has 4 heteroatoms. The highest BCUT2D eigenvalue weighted by atomic mass is 16.5. The number of methoxy groups -OCH3 is 1. The largest absolute Gasteiger partial charge is 0.385 e.